The van der Waals surface area contributed by atoms with Crippen LogP contribution in [0.2, 0.25) is 0 Å². The second-order valence-corrected chi connectivity index (χ2v) is 5.38. The van der Waals surface area contributed by atoms with Crippen LogP contribution in [0.25, 0.3) is 0 Å². The Balaban J connectivity index is 2.64. The van der Waals surface area contributed by atoms with Gasteiger partial charge in [0.05, 0.1) is 12.6 Å². The minimum absolute atomic E-state index is 0.167. The van der Waals surface area contributed by atoms with E-state index < -0.39 is 6.04 Å². The smallest absolute Gasteiger partial charge is 0.239 e. The average molecular weight is 299 g/mol. The highest BCUT2D eigenvalue weighted by atomic mass is 32.1. The quantitative estimate of drug-likeness (QED) is 0.719. The Morgan fingerprint density at radius 3 is 2.70 bits per heavy atom. The van der Waals surface area contributed by atoms with Crippen LogP contribution in [0.4, 0.5) is 0 Å². The first kappa shape index (κ1) is 17.1. The molecule has 5 nitrogen and oxygen atoms in total. The Hall–Kier alpha value is -0.950. The molecule has 0 saturated carbocycles. The molecule has 1 amide bonds. The minimum Gasteiger partial charge on any atom is -0.383 e. The number of nitrogens with two attached hydrogens (primary N) is 1. The summed E-state index contributed by atoms with van der Waals surface area (Å²) >= 11 is 1.67. The van der Waals surface area contributed by atoms with Crippen molar-refractivity contribution in [2.24, 2.45) is 5.73 Å². The van der Waals surface area contributed by atoms with Gasteiger partial charge in [0.1, 0.15) is 6.04 Å². The summed E-state index contributed by atoms with van der Waals surface area (Å²) in [5, 5.41) is 7.11. The first-order chi connectivity index (χ1) is 9.63. The number of rotatable bonds is 9. The summed E-state index contributed by atoms with van der Waals surface area (Å²) in [6, 6.07) is 1.68. The van der Waals surface area contributed by atoms with E-state index in [0.717, 1.165) is 13.1 Å². The molecule has 0 bridgehead atoms. The Bertz CT molecular complexity index is 380. The topological polar surface area (TPSA) is 67.6 Å². The summed E-state index contributed by atoms with van der Waals surface area (Å²) in [5.74, 6) is -0.167. The van der Waals surface area contributed by atoms with E-state index in [2.05, 4.69) is 40.9 Å². The molecule has 20 heavy (non-hydrogen) atoms. The summed E-state index contributed by atoms with van der Waals surface area (Å²) < 4.78 is 4.90. The highest BCUT2D eigenvalue weighted by Crippen LogP contribution is 2.22. The maximum absolute atomic E-state index is 11.9. The van der Waals surface area contributed by atoms with Crippen LogP contribution in [0.3, 0.4) is 0 Å². The number of ether oxygens (including phenoxy) is 1. The largest absolute Gasteiger partial charge is 0.383 e. The number of nitrogens with zero attached hydrogens (tertiary/aromatic N) is 1. The van der Waals surface area contributed by atoms with Gasteiger partial charge in [0.25, 0.3) is 0 Å². The molecule has 1 aromatic heterocycles. The summed E-state index contributed by atoms with van der Waals surface area (Å²) in [6.45, 7) is 6.94. The molecule has 3 N–H and O–H groups in total. The number of likely N-dealkylation sites (N-methyl/N-ethyl adjacent to an activating group) is 1. The zero-order chi connectivity index (χ0) is 15.0. The monoisotopic (exact) mass is 299 g/mol. The van der Waals surface area contributed by atoms with Gasteiger partial charge < -0.3 is 15.8 Å². The van der Waals surface area contributed by atoms with Gasteiger partial charge in [-0.15, -0.1) is 0 Å². The SMILES string of the molecule is CCN(CC)C(CNC(=O)C(N)COC)c1ccsc1. The van der Waals surface area contributed by atoms with Crippen LogP contribution in [0, 0.1) is 0 Å². The fraction of sp³-hybridized carbons (Fsp3) is 0.643. The molecular weight excluding hydrogens is 274 g/mol. The van der Waals surface area contributed by atoms with Gasteiger partial charge in [-0.2, -0.15) is 11.3 Å². The van der Waals surface area contributed by atoms with Crippen molar-refractivity contribution in [3.8, 4) is 0 Å². The lowest BCUT2D eigenvalue weighted by Gasteiger charge is -2.29. The Labute approximate surface area is 125 Å². The third-order valence-corrected chi connectivity index (χ3v) is 4.04. The van der Waals surface area contributed by atoms with Gasteiger partial charge in [-0.1, -0.05) is 13.8 Å². The standard InChI is InChI=1S/C14H25N3O2S/c1-4-17(5-2)13(11-6-7-20-10-11)8-16-14(18)12(15)9-19-3/h6-7,10,12-13H,4-5,8-9,15H2,1-3H3,(H,16,18). The number of nitrogens with one attached hydrogen (secondary N) is 1. The zero-order valence-electron chi connectivity index (χ0n) is 12.5. The molecule has 0 saturated heterocycles. The van der Waals surface area contributed by atoms with Crippen molar-refractivity contribution in [3.05, 3.63) is 22.4 Å². The Morgan fingerprint density at radius 1 is 1.50 bits per heavy atom. The Kier molecular flexibility index (Phi) is 7.76. The van der Waals surface area contributed by atoms with E-state index in [1.54, 1.807) is 11.3 Å². The Morgan fingerprint density at radius 2 is 2.20 bits per heavy atom. The van der Waals surface area contributed by atoms with Crippen molar-refractivity contribution in [2.75, 3.05) is 33.4 Å². The molecule has 0 fully saturated rings. The molecule has 6 heteroatoms. The molecule has 2 atom stereocenters. The maximum atomic E-state index is 11.9. The van der Waals surface area contributed by atoms with Gasteiger partial charge in [-0.05, 0) is 35.5 Å². The van der Waals surface area contributed by atoms with Crippen LogP contribution in [-0.2, 0) is 9.53 Å². The van der Waals surface area contributed by atoms with E-state index in [4.69, 9.17) is 10.5 Å². The zero-order valence-corrected chi connectivity index (χ0v) is 13.3. The van der Waals surface area contributed by atoms with E-state index in [1.807, 2.05) is 0 Å². The van der Waals surface area contributed by atoms with Gasteiger partial charge in [0, 0.05) is 13.7 Å². The summed E-state index contributed by atoms with van der Waals surface area (Å²) in [6.07, 6.45) is 0. The van der Waals surface area contributed by atoms with E-state index in [0.29, 0.717) is 6.54 Å². The number of hydrogen-bond acceptors (Lipinski definition) is 5. The number of carbonyl (C=O) groups is 1. The average Bonchev–Trinajstić information content (AvgIpc) is 2.97. The van der Waals surface area contributed by atoms with Gasteiger partial charge in [-0.25, -0.2) is 0 Å². The van der Waals surface area contributed by atoms with Crippen LogP contribution in [0.1, 0.15) is 25.5 Å². The van der Waals surface area contributed by atoms with Gasteiger partial charge >= 0.3 is 0 Å². The highest BCUT2D eigenvalue weighted by Gasteiger charge is 2.20. The van der Waals surface area contributed by atoms with Gasteiger partial charge in [0.15, 0.2) is 0 Å². The summed E-state index contributed by atoms with van der Waals surface area (Å²) in [4.78, 5) is 14.2. The van der Waals surface area contributed by atoms with Crippen molar-refractivity contribution >= 4 is 17.2 Å². The predicted molar refractivity (Wildman–Crippen MR) is 82.8 cm³/mol. The highest BCUT2D eigenvalue weighted by molar-refractivity contribution is 7.07. The molecule has 1 heterocycles. The summed E-state index contributed by atoms with van der Waals surface area (Å²) in [7, 11) is 1.54. The minimum atomic E-state index is -0.611. The number of carbonyl (C=O) groups excluding carboxylic acids is 1. The number of amides is 1. The fourth-order valence-corrected chi connectivity index (χ4v) is 2.88. The lowest BCUT2D eigenvalue weighted by molar-refractivity contribution is -0.123. The number of methoxy groups -OCH3 is 1. The molecule has 0 radical (unpaired) electrons. The third-order valence-electron chi connectivity index (χ3n) is 3.33. The predicted octanol–water partition coefficient (Wildman–Crippen LogP) is 1.22. The normalized spacial score (nSPS) is 14.2. The second kappa shape index (κ2) is 9.07. The van der Waals surface area contributed by atoms with Gasteiger partial charge in [-0.3, -0.25) is 9.69 Å². The van der Waals surface area contributed by atoms with Crippen molar-refractivity contribution < 1.29 is 9.53 Å². The summed E-state index contributed by atoms with van der Waals surface area (Å²) in [5.41, 5.74) is 6.96. The van der Waals surface area contributed by atoms with Crippen LogP contribution >= 0.6 is 11.3 Å². The fourth-order valence-electron chi connectivity index (χ4n) is 2.17. The first-order valence-electron chi connectivity index (χ1n) is 6.92. The van der Waals surface area contributed by atoms with Crippen LogP contribution in [-0.4, -0.2) is 50.2 Å². The first-order valence-corrected chi connectivity index (χ1v) is 7.86. The molecule has 0 aliphatic carbocycles. The number of thiophene rings is 1. The van der Waals surface area contributed by atoms with Crippen LogP contribution in [0.15, 0.2) is 16.8 Å². The molecule has 1 rings (SSSR count). The molecular formula is C14H25N3O2S. The van der Waals surface area contributed by atoms with Gasteiger partial charge in [0.2, 0.25) is 5.91 Å². The lowest BCUT2D eigenvalue weighted by Crippen LogP contribution is -2.46. The second-order valence-electron chi connectivity index (χ2n) is 4.60. The molecule has 0 spiro atoms. The molecule has 1 aromatic rings. The molecule has 0 aliphatic heterocycles. The van der Waals surface area contributed by atoms with Crippen molar-refractivity contribution in [1.82, 2.24) is 10.2 Å². The van der Waals surface area contributed by atoms with Crippen molar-refractivity contribution in [1.29, 1.82) is 0 Å². The molecule has 114 valence electrons. The van der Waals surface area contributed by atoms with Crippen LogP contribution in [0.5, 0.6) is 0 Å². The maximum Gasteiger partial charge on any atom is 0.239 e. The van der Waals surface area contributed by atoms with Crippen LogP contribution < -0.4 is 11.1 Å². The van der Waals surface area contributed by atoms with E-state index in [-0.39, 0.29) is 18.6 Å². The number of hydrogen-bond donors (Lipinski definition) is 2. The van der Waals surface area contributed by atoms with E-state index >= 15 is 0 Å². The lowest BCUT2D eigenvalue weighted by atomic mass is 10.1. The molecule has 0 aliphatic rings. The third kappa shape index (κ3) is 4.86. The van der Waals surface area contributed by atoms with Crippen molar-refractivity contribution in [3.63, 3.8) is 0 Å². The molecule has 2 unspecified atom stereocenters. The molecule has 0 aromatic carbocycles. The van der Waals surface area contributed by atoms with E-state index in [9.17, 15) is 4.79 Å². The van der Waals surface area contributed by atoms with E-state index in [1.165, 1.54) is 12.7 Å². The van der Waals surface area contributed by atoms with Crippen molar-refractivity contribution in [2.45, 2.75) is 25.9 Å².